The van der Waals surface area contributed by atoms with Crippen molar-refractivity contribution >= 4 is 23.5 Å². The van der Waals surface area contributed by atoms with Gasteiger partial charge in [0.15, 0.2) is 0 Å². The van der Waals surface area contributed by atoms with Gasteiger partial charge in [0, 0.05) is 0 Å². The molecule has 0 aliphatic carbocycles. The Kier molecular flexibility index (Phi) is 7.21. The lowest BCUT2D eigenvalue weighted by Gasteiger charge is -1.86. The molecule has 0 spiro atoms. The van der Waals surface area contributed by atoms with E-state index in [0.29, 0.717) is 0 Å². The van der Waals surface area contributed by atoms with Crippen molar-refractivity contribution < 1.29 is 0 Å². The first kappa shape index (κ1) is 12.1. The van der Waals surface area contributed by atoms with E-state index in [1.165, 1.54) is 4.88 Å². The fraction of sp³-hybridized carbons (Fsp3) is 0.364. The van der Waals surface area contributed by atoms with Crippen LogP contribution in [0.1, 0.15) is 38.3 Å². The lowest BCUT2D eigenvalue weighted by Crippen LogP contribution is -1.72. The summed E-state index contributed by atoms with van der Waals surface area (Å²) in [6.07, 6.45) is 8.13. The van der Waals surface area contributed by atoms with Gasteiger partial charge in [-0.15, -0.1) is 11.3 Å². The van der Waals surface area contributed by atoms with Crippen LogP contribution in [0.15, 0.2) is 17.7 Å². The van der Waals surface area contributed by atoms with Gasteiger partial charge in [-0.2, -0.15) is 0 Å². The van der Waals surface area contributed by atoms with E-state index in [2.05, 4.69) is 11.1 Å². The molecule has 2 heteroatoms. The molecule has 0 amide bonds. The Morgan fingerprint density at radius 3 is 2.31 bits per heavy atom. The minimum Gasteiger partial charge on any atom is -0.245 e. The number of nitrogens with zero attached hydrogens (tertiary/aromatic N) is 1. The monoisotopic (exact) mass is 195 g/mol. The molecule has 0 saturated carbocycles. The van der Waals surface area contributed by atoms with E-state index in [0.717, 1.165) is 5.69 Å². The summed E-state index contributed by atoms with van der Waals surface area (Å²) in [4.78, 5) is 5.43. The number of rotatable bonds is 2. The average molecular weight is 195 g/mol. The van der Waals surface area contributed by atoms with Crippen LogP contribution < -0.4 is 0 Å². The molecule has 0 bridgehead atoms. The molecule has 1 rings (SSSR count). The third kappa shape index (κ3) is 4.04. The van der Waals surface area contributed by atoms with Gasteiger partial charge in [0.05, 0.1) is 16.1 Å². The lowest BCUT2D eigenvalue weighted by molar-refractivity contribution is 1.37. The molecular weight excluding hydrogens is 178 g/mol. The Bertz CT molecular complexity index is 245. The van der Waals surface area contributed by atoms with Crippen LogP contribution in [-0.2, 0) is 0 Å². The molecule has 0 radical (unpaired) electrons. The van der Waals surface area contributed by atoms with Crippen molar-refractivity contribution in [3.05, 3.63) is 28.2 Å². The maximum atomic E-state index is 4.20. The van der Waals surface area contributed by atoms with Crippen LogP contribution >= 0.6 is 11.3 Å². The first-order valence-corrected chi connectivity index (χ1v) is 5.45. The van der Waals surface area contributed by atoms with E-state index in [-0.39, 0.29) is 0 Å². The molecule has 0 N–H and O–H groups in total. The predicted molar refractivity (Wildman–Crippen MR) is 62.9 cm³/mol. The third-order valence-electron chi connectivity index (χ3n) is 1.27. The van der Waals surface area contributed by atoms with Crippen molar-refractivity contribution in [2.75, 3.05) is 0 Å². The molecule has 72 valence electrons. The molecule has 1 aromatic heterocycles. The molecule has 0 fully saturated rings. The Morgan fingerprint density at radius 1 is 1.15 bits per heavy atom. The van der Waals surface area contributed by atoms with Crippen LogP contribution in [0, 0.1) is 0 Å². The summed E-state index contributed by atoms with van der Waals surface area (Å²) < 4.78 is 0. The summed E-state index contributed by atoms with van der Waals surface area (Å²) >= 11 is 1.66. The minimum absolute atomic E-state index is 1.07. The van der Waals surface area contributed by atoms with E-state index in [9.17, 15) is 0 Å². The van der Waals surface area contributed by atoms with Crippen molar-refractivity contribution in [2.45, 2.75) is 27.7 Å². The van der Waals surface area contributed by atoms with Crippen LogP contribution in [0.3, 0.4) is 0 Å². The summed E-state index contributed by atoms with van der Waals surface area (Å²) in [5.74, 6) is 0. The molecule has 0 unspecified atom stereocenters. The van der Waals surface area contributed by atoms with Gasteiger partial charge in [-0.25, -0.2) is 4.98 Å². The van der Waals surface area contributed by atoms with E-state index in [1.54, 1.807) is 11.3 Å². The van der Waals surface area contributed by atoms with Crippen LogP contribution in [0.25, 0.3) is 12.2 Å². The molecule has 1 nitrogen and oxygen atoms in total. The number of aromatic nitrogens is 1. The number of hydrogen-bond acceptors (Lipinski definition) is 2. The third-order valence-corrected chi connectivity index (χ3v) is 2.08. The highest BCUT2D eigenvalue weighted by atomic mass is 32.1. The van der Waals surface area contributed by atoms with Crippen LogP contribution in [-0.4, -0.2) is 4.98 Å². The molecule has 13 heavy (non-hydrogen) atoms. The second kappa shape index (κ2) is 7.74. The molecule has 0 saturated heterocycles. The first-order chi connectivity index (χ1) is 6.38. The number of thiazole rings is 1. The normalized spacial score (nSPS) is 10.5. The highest BCUT2D eigenvalue weighted by Gasteiger charge is 1.96. The van der Waals surface area contributed by atoms with Gasteiger partial charge in [-0.05, 0) is 26.0 Å². The molecule has 0 aliphatic rings. The fourth-order valence-corrected chi connectivity index (χ4v) is 1.56. The zero-order valence-electron chi connectivity index (χ0n) is 8.74. The predicted octanol–water partition coefficient (Wildman–Crippen LogP) is 4.24. The van der Waals surface area contributed by atoms with Gasteiger partial charge in [-0.3, -0.25) is 0 Å². The van der Waals surface area contributed by atoms with Gasteiger partial charge < -0.3 is 0 Å². The largest absolute Gasteiger partial charge is 0.245 e. The first-order valence-electron chi connectivity index (χ1n) is 4.57. The molecule has 0 aromatic carbocycles. The summed E-state index contributed by atoms with van der Waals surface area (Å²) in [7, 11) is 0. The van der Waals surface area contributed by atoms with E-state index in [1.807, 2.05) is 51.4 Å². The average Bonchev–Trinajstić information content (AvgIpc) is 2.58. The lowest BCUT2D eigenvalue weighted by atomic mass is 10.3. The van der Waals surface area contributed by atoms with Crippen LogP contribution in [0.2, 0.25) is 0 Å². The molecule has 1 heterocycles. The summed E-state index contributed by atoms with van der Waals surface area (Å²) in [6.45, 7) is 8.01. The van der Waals surface area contributed by atoms with Crippen molar-refractivity contribution in [2.24, 2.45) is 0 Å². The van der Waals surface area contributed by atoms with Crippen molar-refractivity contribution in [1.82, 2.24) is 4.98 Å². The fourth-order valence-electron chi connectivity index (χ4n) is 0.823. The second-order valence-electron chi connectivity index (χ2n) is 2.10. The summed E-state index contributed by atoms with van der Waals surface area (Å²) in [5, 5.41) is 0. The zero-order valence-corrected chi connectivity index (χ0v) is 9.56. The number of hydrogen-bond donors (Lipinski definition) is 0. The van der Waals surface area contributed by atoms with E-state index < -0.39 is 0 Å². The Labute approximate surface area is 84.8 Å². The smallest absolute Gasteiger partial charge is 0.0808 e. The van der Waals surface area contributed by atoms with Crippen LogP contribution in [0.4, 0.5) is 0 Å². The minimum atomic E-state index is 1.07. The SMILES string of the molecule is C/C=C\c1ncsc1/C=C\C.CC. The van der Waals surface area contributed by atoms with Crippen molar-refractivity contribution in [1.29, 1.82) is 0 Å². The molecule has 0 aliphatic heterocycles. The van der Waals surface area contributed by atoms with E-state index >= 15 is 0 Å². The van der Waals surface area contributed by atoms with Crippen molar-refractivity contribution in [3.8, 4) is 0 Å². The van der Waals surface area contributed by atoms with Gasteiger partial charge in [-0.1, -0.05) is 26.0 Å². The highest BCUT2D eigenvalue weighted by Crippen LogP contribution is 2.16. The Hall–Kier alpha value is -0.890. The van der Waals surface area contributed by atoms with E-state index in [4.69, 9.17) is 0 Å². The van der Waals surface area contributed by atoms with Gasteiger partial charge in [0.2, 0.25) is 0 Å². The highest BCUT2D eigenvalue weighted by molar-refractivity contribution is 7.10. The second-order valence-corrected chi connectivity index (χ2v) is 2.99. The number of allylic oxidation sites excluding steroid dienone is 2. The topological polar surface area (TPSA) is 12.9 Å². The zero-order chi connectivity index (χ0) is 10.1. The van der Waals surface area contributed by atoms with Gasteiger partial charge in [0.25, 0.3) is 0 Å². The maximum Gasteiger partial charge on any atom is 0.0808 e. The Balaban J connectivity index is 0.000000671. The molecule has 1 aromatic rings. The standard InChI is InChI=1S/C9H11NS.C2H6/c1-3-5-8-9(6-4-2)11-7-10-8;1-2/h3-7H,1-2H3;1-2H3/b5-3-,6-4-;. The van der Waals surface area contributed by atoms with Crippen molar-refractivity contribution in [3.63, 3.8) is 0 Å². The Morgan fingerprint density at radius 2 is 1.77 bits per heavy atom. The molecular formula is C11H17NS. The van der Waals surface area contributed by atoms with Gasteiger partial charge in [0.1, 0.15) is 0 Å². The maximum absolute atomic E-state index is 4.20. The molecule has 0 atom stereocenters. The quantitative estimate of drug-likeness (QED) is 0.688. The summed E-state index contributed by atoms with van der Waals surface area (Å²) in [6, 6.07) is 0. The van der Waals surface area contributed by atoms with Gasteiger partial charge >= 0.3 is 0 Å². The van der Waals surface area contributed by atoms with Crippen LogP contribution in [0.5, 0.6) is 0 Å². The summed E-state index contributed by atoms with van der Waals surface area (Å²) in [5.41, 5.74) is 2.93.